The van der Waals surface area contributed by atoms with E-state index < -0.39 is 8.32 Å². The van der Waals surface area contributed by atoms with Crippen LogP contribution in [0.4, 0.5) is 0 Å². The Hall–Kier alpha value is -1.41. The zero-order valence-electron chi connectivity index (χ0n) is 20.1. The normalized spacial score (nSPS) is 13.5. The molecule has 0 bridgehead atoms. The van der Waals surface area contributed by atoms with Crippen molar-refractivity contribution >= 4 is 37.4 Å². The number of rotatable bonds is 6. The highest BCUT2D eigenvalue weighted by Gasteiger charge is 2.36. The lowest BCUT2D eigenvalue weighted by Gasteiger charge is -2.36. The Labute approximate surface area is 196 Å². The van der Waals surface area contributed by atoms with E-state index in [2.05, 4.69) is 69.8 Å². The van der Waals surface area contributed by atoms with Gasteiger partial charge in [0.15, 0.2) is 8.32 Å². The molecule has 0 aliphatic carbocycles. The fourth-order valence-corrected chi connectivity index (χ4v) is 4.85. The molecular formula is C23H35ClN2O3SSi. The standard InChI is InChI=1S/C23H35ClN2O3SSi/c1-22(2,3)26-15-16(12-13-29-31(8,9)23(4,5)6)21(30-26)25-20(27)18-14-17(24)10-11-19(18)28-7/h10-11,14-15H,12-13H2,1-9H3. The quantitative estimate of drug-likeness (QED) is 0.455. The molecule has 0 spiro atoms. The fourth-order valence-electron chi connectivity index (χ4n) is 2.60. The predicted octanol–water partition coefficient (Wildman–Crippen LogP) is 6.27. The Kier molecular flexibility index (Phi) is 8.01. The summed E-state index contributed by atoms with van der Waals surface area (Å²) in [6.45, 7) is 18.2. The van der Waals surface area contributed by atoms with Crippen LogP contribution in [0.5, 0.6) is 5.75 Å². The molecule has 8 heteroatoms. The third kappa shape index (κ3) is 6.54. The fraction of sp³-hybridized carbons (Fsp3) is 0.565. The summed E-state index contributed by atoms with van der Waals surface area (Å²) in [5.41, 5.74) is 1.26. The second kappa shape index (κ2) is 9.61. The molecule has 0 saturated heterocycles. The monoisotopic (exact) mass is 482 g/mol. The minimum Gasteiger partial charge on any atom is -0.496 e. The molecule has 0 fully saturated rings. The summed E-state index contributed by atoms with van der Waals surface area (Å²) >= 11 is 7.58. The van der Waals surface area contributed by atoms with Crippen LogP contribution in [0.15, 0.2) is 29.4 Å². The maximum atomic E-state index is 13.0. The number of amides is 1. The van der Waals surface area contributed by atoms with Crippen molar-refractivity contribution in [3.8, 4) is 5.75 Å². The van der Waals surface area contributed by atoms with Crippen molar-refractivity contribution in [2.24, 2.45) is 4.99 Å². The Bertz CT molecular complexity index is 997. The van der Waals surface area contributed by atoms with E-state index in [0.717, 1.165) is 5.56 Å². The lowest BCUT2D eigenvalue weighted by molar-refractivity contribution is 0.0996. The molecule has 0 atom stereocenters. The predicted molar refractivity (Wildman–Crippen MR) is 132 cm³/mol. The van der Waals surface area contributed by atoms with Gasteiger partial charge < -0.3 is 9.16 Å². The summed E-state index contributed by atoms with van der Waals surface area (Å²) in [5, 5.41) is 0.623. The molecule has 0 saturated carbocycles. The van der Waals surface area contributed by atoms with Crippen LogP contribution in [0.1, 0.15) is 57.5 Å². The van der Waals surface area contributed by atoms with Crippen LogP contribution in [0.25, 0.3) is 0 Å². The maximum Gasteiger partial charge on any atom is 0.282 e. The van der Waals surface area contributed by atoms with Crippen molar-refractivity contribution in [3.05, 3.63) is 45.2 Å². The number of benzene rings is 1. The van der Waals surface area contributed by atoms with Gasteiger partial charge in [0.1, 0.15) is 10.4 Å². The van der Waals surface area contributed by atoms with Gasteiger partial charge in [0.25, 0.3) is 5.91 Å². The third-order valence-corrected chi connectivity index (χ3v) is 11.8. The van der Waals surface area contributed by atoms with Crippen LogP contribution in [-0.2, 0) is 16.4 Å². The molecule has 0 unspecified atom stereocenters. The summed E-state index contributed by atoms with van der Waals surface area (Å²) in [7, 11) is -0.311. The van der Waals surface area contributed by atoms with Crippen molar-refractivity contribution < 1.29 is 14.0 Å². The van der Waals surface area contributed by atoms with Crippen LogP contribution >= 0.6 is 23.1 Å². The highest BCUT2D eigenvalue weighted by atomic mass is 35.5. The number of hydrogen-bond donors (Lipinski definition) is 0. The molecule has 0 aliphatic heterocycles. The molecule has 1 aromatic heterocycles. The Balaban J connectivity index is 2.39. The minimum atomic E-state index is -1.84. The zero-order chi connectivity index (χ0) is 23.6. The zero-order valence-corrected chi connectivity index (χ0v) is 22.7. The van der Waals surface area contributed by atoms with Gasteiger partial charge in [-0.3, -0.25) is 8.75 Å². The first-order valence-corrected chi connectivity index (χ1v) is 14.5. The summed E-state index contributed by atoms with van der Waals surface area (Å²) in [6, 6.07) is 4.97. The van der Waals surface area contributed by atoms with Crippen molar-refractivity contribution in [2.75, 3.05) is 13.7 Å². The van der Waals surface area contributed by atoms with E-state index in [4.69, 9.17) is 20.8 Å². The van der Waals surface area contributed by atoms with Gasteiger partial charge >= 0.3 is 0 Å². The summed E-state index contributed by atoms with van der Waals surface area (Å²) in [6.07, 6.45) is 2.78. The first kappa shape index (κ1) is 25.8. The number of carbonyl (C=O) groups is 1. The van der Waals surface area contributed by atoms with E-state index in [1.807, 2.05) is 0 Å². The number of ether oxygens (including phenoxy) is 1. The van der Waals surface area contributed by atoms with Gasteiger partial charge in [-0.15, -0.1) is 0 Å². The Morgan fingerprint density at radius 3 is 2.39 bits per heavy atom. The smallest absolute Gasteiger partial charge is 0.282 e. The van der Waals surface area contributed by atoms with Crippen molar-refractivity contribution in [2.45, 2.75) is 71.6 Å². The second-order valence-electron chi connectivity index (χ2n) is 10.2. The molecule has 31 heavy (non-hydrogen) atoms. The van der Waals surface area contributed by atoms with Crippen molar-refractivity contribution in [1.29, 1.82) is 0 Å². The minimum absolute atomic E-state index is 0.107. The van der Waals surface area contributed by atoms with Gasteiger partial charge in [-0.25, -0.2) is 0 Å². The van der Waals surface area contributed by atoms with Crippen molar-refractivity contribution in [3.63, 3.8) is 0 Å². The number of hydrogen-bond acceptors (Lipinski definition) is 4. The van der Waals surface area contributed by atoms with E-state index >= 15 is 0 Å². The van der Waals surface area contributed by atoms with E-state index in [1.165, 1.54) is 18.6 Å². The first-order chi connectivity index (χ1) is 14.2. The molecule has 172 valence electrons. The number of aromatic nitrogens is 1. The van der Waals surface area contributed by atoms with Gasteiger partial charge in [-0.1, -0.05) is 32.4 Å². The van der Waals surface area contributed by atoms with Crippen molar-refractivity contribution in [1.82, 2.24) is 3.96 Å². The number of methoxy groups -OCH3 is 1. The average molecular weight is 483 g/mol. The molecular weight excluding hydrogens is 448 g/mol. The molecule has 1 aromatic carbocycles. The molecule has 5 nitrogen and oxygen atoms in total. The van der Waals surface area contributed by atoms with Crippen LogP contribution < -0.4 is 9.41 Å². The van der Waals surface area contributed by atoms with Gasteiger partial charge in [-0.05, 0) is 75.1 Å². The molecule has 0 N–H and O–H groups in total. The number of halogens is 1. The Morgan fingerprint density at radius 2 is 1.84 bits per heavy atom. The first-order valence-electron chi connectivity index (χ1n) is 10.4. The van der Waals surface area contributed by atoms with Crippen LogP contribution in [-0.4, -0.2) is 31.9 Å². The Morgan fingerprint density at radius 1 is 1.19 bits per heavy atom. The van der Waals surface area contributed by atoms with E-state index in [-0.39, 0.29) is 16.5 Å². The average Bonchev–Trinajstić information content (AvgIpc) is 3.03. The molecule has 2 aromatic rings. The van der Waals surface area contributed by atoms with Crippen LogP contribution in [0.2, 0.25) is 23.2 Å². The van der Waals surface area contributed by atoms with Crippen LogP contribution in [0, 0.1) is 0 Å². The maximum absolute atomic E-state index is 13.0. The van der Waals surface area contributed by atoms with Crippen LogP contribution in [0.3, 0.4) is 0 Å². The molecule has 0 aliphatic rings. The van der Waals surface area contributed by atoms with E-state index in [9.17, 15) is 4.79 Å². The highest BCUT2D eigenvalue weighted by Crippen LogP contribution is 2.36. The highest BCUT2D eigenvalue weighted by molar-refractivity contribution is 7.04. The second-order valence-corrected chi connectivity index (χ2v) is 16.4. The van der Waals surface area contributed by atoms with Gasteiger partial charge in [-0.2, -0.15) is 4.99 Å². The number of nitrogens with zero attached hydrogens (tertiary/aromatic N) is 2. The molecule has 1 heterocycles. The molecule has 1 amide bonds. The largest absolute Gasteiger partial charge is 0.496 e. The molecule has 2 rings (SSSR count). The molecule has 0 radical (unpaired) electrons. The van der Waals surface area contributed by atoms with E-state index in [1.54, 1.807) is 18.2 Å². The lowest BCUT2D eigenvalue weighted by atomic mass is 10.1. The third-order valence-electron chi connectivity index (χ3n) is 5.63. The SMILES string of the molecule is COc1ccc(Cl)cc1C(=O)N=c1sn(C(C)(C)C)cc1CCO[Si](C)(C)C(C)(C)C. The lowest BCUT2D eigenvalue weighted by Crippen LogP contribution is -2.41. The summed E-state index contributed by atoms with van der Waals surface area (Å²) in [5.74, 6) is 0.0926. The number of carbonyl (C=O) groups excluding carboxylic acids is 1. The van der Waals surface area contributed by atoms with Gasteiger partial charge in [0, 0.05) is 28.9 Å². The van der Waals surface area contributed by atoms with Gasteiger partial charge in [0.05, 0.1) is 12.7 Å². The van der Waals surface area contributed by atoms with Gasteiger partial charge in [0.2, 0.25) is 0 Å². The van der Waals surface area contributed by atoms with E-state index in [0.29, 0.717) is 34.0 Å². The summed E-state index contributed by atoms with van der Waals surface area (Å²) < 4.78 is 14.5. The summed E-state index contributed by atoms with van der Waals surface area (Å²) in [4.78, 5) is 17.4. The topological polar surface area (TPSA) is 52.8 Å².